The van der Waals surface area contributed by atoms with Crippen LogP contribution in [-0.2, 0) is 0 Å². The first-order valence-electron chi connectivity index (χ1n) is 6.13. The topological polar surface area (TPSA) is 54.9 Å². The lowest BCUT2D eigenvalue weighted by molar-refractivity contribution is 0.0953. The second-order valence-electron chi connectivity index (χ2n) is 4.40. The quantitative estimate of drug-likeness (QED) is 0.497. The number of fused-ring (bicyclic) bond motifs is 1. The summed E-state index contributed by atoms with van der Waals surface area (Å²) < 4.78 is 1.88. The first-order chi connectivity index (χ1) is 10.1. The standard InChI is InChI=1S/C15H9IN2O2S/c16-11-7-3-1-5-9(11)13(19)18-14(20)10-6-2-4-8-12(10)17-15(18)21/h1-8H,(H,17,21). The lowest BCUT2D eigenvalue weighted by Crippen LogP contribution is -2.29. The van der Waals surface area contributed by atoms with Gasteiger partial charge >= 0.3 is 0 Å². The van der Waals surface area contributed by atoms with E-state index in [9.17, 15) is 9.59 Å². The molecule has 0 aliphatic rings. The first-order valence-corrected chi connectivity index (χ1v) is 7.61. The zero-order valence-corrected chi connectivity index (χ0v) is 13.6. The van der Waals surface area contributed by atoms with Crippen molar-refractivity contribution in [3.8, 4) is 0 Å². The third-order valence-corrected chi connectivity index (χ3v) is 4.34. The van der Waals surface area contributed by atoms with E-state index in [0.717, 1.165) is 8.14 Å². The smallest absolute Gasteiger partial charge is 0.269 e. The zero-order chi connectivity index (χ0) is 15.0. The number of nitrogens with zero attached hydrogens (tertiary/aromatic N) is 1. The molecule has 1 heterocycles. The van der Waals surface area contributed by atoms with Gasteiger partial charge in [-0.15, -0.1) is 0 Å². The van der Waals surface area contributed by atoms with Crippen LogP contribution >= 0.6 is 34.8 Å². The minimum Gasteiger partial charge on any atom is -0.331 e. The number of carbonyl (C=O) groups excluding carboxylic acids is 1. The van der Waals surface area contributed by atoms with Crippen LogP contribution in [0.1, 0.15) is 10.4 Å². The summed E-state index contributed by atoms with van der Waals surface area (Å²) in [6.07, 6.45) is 0. The number of aromatic nitrogens is 2. The van der Waals surface area contributed by atoms with Gasteiger partial charge in [-0.2, -0.15) is 0 Å². The van der Waals surface area contributed by atoms with Gasteiger partial charge in [-0.1, -0.05) is 24.3 Å². The molecular formula is C15H9IN2O2S. The van der Waals surface area contributed by atoms with Crippen LogP contribution in [0.3, 0.4) is 0 Å². The predicted molar refractivity (Wildman–Crippen MR) is 92.3 cm³/mol. The van der Waals surface area contributed by atoms with E-state index in [1.54, 1.807) is 36.4 Å². The molecule has 1 N–H and O–H groups in total. The molecular weight excluding hydrogens is 399 g/mol. The van der Waals surface area contributed by atoms with Gasteiger partial charge in [0.1, 0.15) is 0 Å². The van der Waals surface area contributed by atoms with Crippen molar-refractivity contribution in [3.05, 3.63) is 72.8 Å². The molecule has 0 bridgehead atoms. The Kier molecular flexibility index (Phi) is 3.73. The van der Waals surface area contributed by atoms with E-state index in [1.165, 1.54) is 0 Å². The number of carbonyl (C=O) groups is 1. The van der Waals surface area contributed by atoms with Gasteiger partial charge in [-0.05, 0) is 59.1 Å². The lowest BCUT2D eigenvalue weighted by atomic mass is 10.2. The van der Waals surface area contributed by atoms with Crippen molar-refractivity contribution in [3.63, 3.8) is 0 Å². The van der Waals surface area contributed by atoms with Crippen molar-refractivity contribution in [2.45, 2.75) is 0 Å². The number of benzene rings is 2. The Balaban J connectivity index is 2.31. The predicted octanol–water partition coefficient (Wildman–Crippen LogP) is 3.35. The van der Waals surface area contributed by atoms with Crippen LogP contribution in [0.2, 0.25) is 0 Å². The SMILES string of the molecule is O=C(c1ccccc1I)n1c(=S)[nH]c2ccccc2c1=O. The van der Waals surface area contributed by atoms with Gasteiger partial charge in [-0.3, -0.25) is 9.59 Å². The molecule has 0 aliphatic carbocycles. The van der Waals surface area contributed by atoms with Crippen molar-refractivity contribution >= 4 is 51.6 Å². The van der Waals surface area contributed by atoms with E-state index in [0.29, 0.717) is 16.5 Å². The number of H-pyrrole nitrogens is 1. The van der Waals surface area contributed by atoms with Crippen molar-refractivity contribution in [1.29, 1.82) is 0 Å². The molecule has 0 saturated heterocycles. The Morgan fingerprint density at radius 2 is 1.76 bits per heavy atom. The number of rotatable bonds is 1. The summed E-state index contributed by atoms with van der Waals surface area (Å²) in [6.45, 7) is 0. The van der Waals surface area contributed by atoms with Crippen LogP contribution in [0.15, 0.2) is 53.3 Å². The summed E-state index contributed by atoms with van der Waals surface area (Å²) in [7, 11) is 0. The highest BCUT2D eigenvalue weighted by molar-refractivity contribution is 14.1. The number of hydrogen-bond acceptors (Lipinski definition) is 3. The van der Waals surface area contributed by atoms with E-state index in [-0.39, 0.29) is 4.77 Å². The molecule has 3 rings (SSSR count). The summed E-state index contributed by atoms with van der Waals surface area (Å²) >= 11 is 7.23. The van der Waals surface area contributed by atoms with Gasteiger partial charge in [0.15, 0.2) is 4.77 Å². The van der Waals surface area contributed by atoms with Gasteiger partial charge < -0.3 is 4.98 Å². The Labute approximate surface area is 138 Å². The highest BCUT2D eigenvalue weighted by atomic mass is 127. The second-order valence-corrected chi connectivity index (χ2v) is 5.95. The number of nitrogens with one attached hydrogen (secondary N) is 1. The molecule has 104 valence electrons. The molecule has 2 aromatic carbocycles. The minimum absolute atomic E-state index is 0.100. The number of para-hydroxylation sites is 1. The lowest BCUT2D eigenvalue weighted by Gasteiger charge is -2.08. The van der Waals surface area contributed by atoms with E-state index in [4.69, 9.17) is 12.2 Å². The van der Waals surface area contributed by atoms with Crippen LogP contribution in [0.25, 0.3) is 10.9 Å². The van der Waals surface area contributed by atoms with E-state index < -0.39 is 11.5 Å². The Hall–Kier alpha value is -1.80. The van der Waals surface area contributed by atoms with E-state index >= 15 is 0 Å². The molecule has 0 aliphatic heterocycles. The van der Waals surface area contributed by atoms with Gasteiger partial charge in [0.2, 0.25) is 0 Å². The highest BCUT2D eigenvalue weighted by Crippen LogP contribution is 2.13. The summed E-state index contributed by atoms with van der Waals surface area (Å²) in [5.41, 5.74) is 0.674. The first kappa shape index (κ1) is 14.2. The normalized spacial score (nSPS) is 10.7. The molecule has 0 fully saturated rings. The molecule has 4 nitrogen and oxygen atoms in total. The van der Waals surface area contributed by atoms with Gasteiger partial charge in [-0.25, -0.2) is 4.57 Å². The molecule has 0 amide bonds. The number of halogens is 1. The van der Waals surface area contributed by atoms with Crippen molar-refractivity contribution in [2.75, 3.05) is 0 Å². The average Bonchev–Trinajstić information content (AvgIpc) is 2.47. The fraction of sp³-hybridized carbons (Fsp3) is 0. The maximum absolute atomic E-state index is 12.6. The maximum Gasteiger partial charge on any atom is 0.269 e. The largest absolute Gasteiger partial charge is 0.331 e. The van der Waals surface area contributed by atoms with Crippen molar-refractivity contribution in [2.24, 2.45) is 0 Å². The van der Waals surface area contributed by atoms with E-state index in [2.05, 4.69) is 27.6 Å². The van der Waals surface area contributed by atoms with Gasteiger partial charge in [0.05, 0.1) is 16.5 Å². The number of hydrogen-bond donors (Lipinski definition) is 1. The summed E-state index contributed by atoms with van der Waals surface area (Å²) in [5, 5.41) is 0.436. The Morgan fingerprint density at radius 1 is 1.10 bits per heavy atom. The molecule has 3 aromatic rings. The third kappa shape index (κ3) is 2.44. The third-order valence-electron chi connectivity index (χ3n) is 3.11. The van der Waals surface area contributed by atoms with Crippen LogP contribution in [0.4, 0.5) is 0 Å². The Morgan fingerprint density at radius 3 is 2.52 bits per heavy atom. The molecule has 0 radical (unpaired) electrons. The zero-order valence-electron chi connectivity index (χ0n) is 10.7. The summed E-state index contributed by atoms with van der Waals surface area (Å²) in [5.74, 6) is -0.419. The molecule has 6 heteroatoms. The van der Waals surface area contributed by atoms with E-state index in [1.807, 2.05) is 12.1 Å². The fourth-order valence-corrected chi connectivity index (χ4v) is 3.00. The molecule has 0 spiro atoms. The molecule has 0 atom stereocenters. The maximum atomic E-state index is 12.6. The number of aromatic amines is 1. The molecule has 1 aromatic heterocycles. The molecule has 0 saturated carbocycles. The van der Waals surface area contributed by atoms with Crippen molar-refractivity contribution < 1.29 is 4.79 Å². The summed E-state index contributed by atoms with van der Waals surface area (Å²) in [6, 6.07) is 14.1. The van der Waals surface area contributed by atoms with Crippen LogP contribution in [0.5, 0.6) is 0 Å². The monoisotopic (exact) mass is 408 g/mol. The van der Waals surface area contributed by atoms with Gasteiger partial charge in [0.25, 0.3) is 11.5 Å². The summed E-state index contributed by atoms with van der Waals surface area (Å²) in [4.78, 5) is 28.1. The van der Waals surface area contributed by atoms with Crippen LogP contribution < -0.4 is 5.56 Å². The van der Waals surface area contributed by atoms with Crippen molar-refractivity contribution in [1.82, 2.24) is 9.55 Å². The minimum atomic E-state index is -0.419. The second kappa shape index (κ2) is 5.53. The molecule has 0 unspecified atom stereocenters. The Bertz CT molecular complexity index is 975. The van der Waals surface area contributed by atoms with Gasteiger partial charge in [0, 0.05) is 3.57 Å². The average molecular weight is 408 g/mol. The van der Waals surface area contributed by atoms with Crippen LogP contribution in [0, 0.1) is 8.34 Å². The van der Waals surface area contributed by atoms with Crippen LogP contribution in [-0.4, -0.2) is 15.5 Å². The fourth-order valence-electron chi connectivity index (χ4n) is 2.10. The highest BCUT2D eigenvalue weighted by Gasteiger charge is 2.16. The molecule has 21 heavy (non-hydrogen) atoms.